The van der Waals surface area contributed by atoms with Crippen molar-refractivity contribution in [2.45, 2.75) is 10.9 Å². The highest BCUT2D eigenvalue weighted by Gasteiger charge is 2.08. The molecule has 0 radical (unpaired) electrons. The van der Waals surface area contributed by atoms with Gasteiger partial charge in [-0.15, -0.1) is 0 Å². The van der Waals surface area contributed by atoms with Crippen LogP contribution in [-0.4, -0.2) is 25.7 Å². The monoisotopic (exact) mass is 363 g/mol. The summed E-state index contributed by atoms with van der Waals surface area (Å²) in [4.78, 5) is 20.1. The molecule has 4 rings (SSSR count). The van der Waals surface area contributed by atoms with Gasteiger partial charge in [0.05, 0.1) is 11.0 Å². The number of imidazole rings is 1. The topological polar surface area (TPSA) is 75.6 Å². The summed E-state index contributed by atoms with van der Waals surface area (Å²) in [6.45, 7) is 0. The van der Waals surface area contributed by atoms with Gasteiger partial charge in [0, 0.05) is 30.6 Å². The third-order valence-corrected chi connectivity index (χ3v) is 4.86. The van der Waals surface area contributed by atoms with Gasteiger partial charge in [0.15, 0.2) is 11.0 Å². The van der Waals surface area contributed by atoms with Crippen LogP contribution in [0.1, 0.15) is 15.9 Å². The number of benzene rings is 2. The zero-order valence-electron chi connectivity index (χ0n) is 14.1. The molecular formula is C19H17N5OS. The van der Waals surface area contributed by atoms with E-state index in [2.05, 4.69) is 20.4 Å². The Hall–Kier alpha value is -3.06. The van der Waals surface area contributed by atoms with Gasteiger partial charge in [-0.1, -0.05) is 36.0 Å². The van der Waals surface area contributed by atoms with E-state index in [0.29, 0.717) is 11.4 Å². The summed E-state index contributed by atoms with van der Waals surface area (Å²) < 4.78 is 1.65. The third-order valence-electron chi connectivity index (χ3n) is 3.91. The molecule has 0 spiro atoms. The Morgan fingerprint density at radius 1 is 1.15 bits per heavy atom. The fraction of sp³-hybridized carbons (Fsp3) is 0.105. The first-order chi connectivity index (χ1) is 12.7. The maximum Gasteiger partial charge on any atom is 0.256 e. The number of hydrogen-bond donors (Lipinski definition) is 2. The second kappa shape index (κ2) is 7.05. The molecule has 0 unspecified atom stereocenters. The standard InChI is InChI=1S/C19H17N5OS/c1-24-11-10-17(23-24)22-18(25)14-8-6-13(7-9-14)12-26-19-20-15-4-2-3-5-16(15)21-19/h2-11H,12H2,1H3,(H,20,21)(H,22,23,25). The van der Waals surface area contributed by atoms with Crippen LogP contribution in [0.15, 0.2) is 66.0 Å². The van der Waals surface area contributed by atoms with Gasteiger partial charge in [-0.2, -0.15) is 5.10 Å². The van der Waals surface area contributed by atoms with Gasteiger partial charge in [0.2, 0.25) is 0 Å². The first kappa shape index (κ1) is 16.4. The average molecular weight is 363 g/mol. The minimum Gasteiger partial charge on any atom is -0.333 e. The van der Waals surface area contributed by atoms with E-state index >= 15 is 0 Å². The Bertz CT molecular complexity index is 1020. The zero-order chi connectivity index (χ0) is 17.9. The highest BCUT2D eigenvalue weighted by atomic mass is 32.2. The van der Waals surface area contributed by atoms with Crippen LogP contribution in [0.25, 0.3) is 11.0 Å². The van der Waals surface area contributed by atoms with Crippen LogP contribution in [0.5, 0.6) is 0 Å². The number of thioether (sulfide) groups is 1. The van der Waals surface area contributed by atoms with Gasteiger partial charge in [-0.25, -0.2) is 4.98 Å². The van der Waals surface area contributed by atoms with Crippen molar-refractivity contribution < 1.29 is 4.79 Å². The quantitative estimate of drug-likeness (QED) is 0.528. The van der Waals surface area contributed by atoms with Crippen molar-refractivity contribution in [2.24, 2.45) is 7.05 Å². The number of carbonyl (C=O) groups is 1. The Labute approximate surface area is 154 Å². The number of para-hydroxylation sites is 2. The molecule has 7 heteroatoms. The Kier molecular flexibility index (Phi) is 4.45. The number of nitrogens with zero attached hydrogens (tertiary/aromatic N) is 3. The molecule has 0 atom stereocenters. The number of H-pyrrole nitrogens is 1. The lowest BCUT2D eigenvalue weighted by Gasteiger charge is -2.04. The van der Waals surface area contributed by atoms with E-state index in [1.807, 2.05) is 55.6 Å². The smallest absolute Gasteiger partial charge is 0.256 e. The maximum absolute atomic E-state index is 12.2. The van der Waals surface area contributed by atoms with E-state index in [-0.39, 0.29) is 5.91 Å². The lowest BCUT2D eigenvalue weighted by Crippen LogP contribution is -2.12. The van der Waals surface area contributed by atoms with Gasteiger partial charge in [-0.05, 0) is 29.8 Å². The zero-order valence-corrected chi connectivity index (χ0v) is 15.0. The summed E-state index contributed by atoms with van der Waals surface area (Å²) in [6.07, 6.45) is 1.79. The highest BCUT2D eigenvalue weighted by Crippen LogP contribution is 2.23. The molecule has 4 aromatic rings. The predicted octanol–water partition coefficient (Wildman–Crippen LogP) is 3.84. The van der Waals surface area contributed by atoms with Gasteiger partial charge in [0.1, 0.15) is 0 Å². The lowest BCUT2D eigenvalue weighted by molar-refractivity contribution is 0.102. The molecule has 26 heavy (non-hydrogen) atoms. The van der Waals surface area contributed by atoms with Crippen LogP contribution < -0.4 is 5.32 Å². The van der Waals surface area contributed by atoms with E-state index in [1.165, 1.54) is 0 Å². The van der Waals surface area contributed by atoms with E-state index < -0.39 is 0 Å². The van der Waals surface area contributed by atoms with Crippen molar-refractivity contribution >= 4 is 34.5 Å². The number of hydrogen-bond acceptors (Lipinski definition) is 4. The third kappa shape index (κ3) is 3.62. The minimum absolute atomic E-state index is 0.166. The number of aromatic nitrogens is 4. The van der Waals surface area contributed by atoms with Gasteiger partial charge in [0.25, 0.3) is 5.91 Å². The number of anilines is 1. The molecule has 130 valence electrons. The predicted molar refractivity (Wildman–Crippen MR) is 103 cm³/mol. The number of carbonyl (C=O) groups excluding carboxylic acids is 1. The van der Waals surface area contributed by atoms with E-state index in [4.69, 9.17) is 0 Å². The van der Waals surface area contributed by atoms with Crippen molar-refractivity contribution in [2.75, 3.05) is 5.32 Å². The van der Waals surface area contributed by atoms with Crippen molar-refractivity contribution in [3.63, 3.8) is 0 Å². The number of rotatable bonds is 5. The molecule has 2 N–H and O–H groups in total. The molecule has 0 saturated carbocycles. The van der Waals surface area contributed by atoms with E-state index in [1.54, 1.807) is 28.7 Å². The molecule has 2 aromatic carbocycles. The normalized spacial score (nSPS) is 11.0. The summed E-state index contributed by atoms with van der Waals surface area (Å²) in [5.74, 6) is 1.16. The van der Waals surface area contributed by atoms with Crippen LogP contribution in [0.2, 0.25) is 0 Å². The lowest BCUT2D eigenvalue weighted by atomic mass is 10.1. The number of amides is 1. The first-order valence-corrected chi connectivity index (χ1v) is 9.13. The number of aryl methyl sites for hydroxylation is 1. The fourth-order valence-corrected chi connectivity index (χ4v) is 3.41. The molecule has 6 nitrogen and oxygen atoms in total. The second-order valence-corrected chi connectivity index (χ2v) is 6.84. The van der Waals surface area contributed by atoms with Gasteiger partial charge < -0.3 is 10.3 Å². The van der Waals surface area contributed by atoms with Crippen LogP contribution in [0.4, 0.5) is 5.82 Å². The van der Waals surface area contributed by atoms with E-state index in [9.17, 15) is 4.79 Å². The second-order valence-electron chi connectivity index (χ2n) is 5.87. The summed E-state index contributed by atoms with van der Waals surface area (Å²) in [7, 11) is 1.81. The molecule has 2 aromatic heterocycles. The van der Waals surface area contributed by atoms with Crippen molar-refractivity contribution in [1.82, 2.24) is 19.7 Å². The summed E-state index contributed by atoms with van der Waals surface area (Å²) >= 11 is 1.64. The molecule has 0 saturated heterocycles. The highest BCUT2D eigenvalue weighted by molar-refractivity contribution is 7.98. The average Bonchev–Trinajstić information content (AvgIpc) is 3.25. The minimum atomic E-state index is -0.166. The van der Waals surface area contributed by atoms with Gasteiger partial charge in [-0.3, -0.25) is 9.48 Å². The number of fused-ring (bicyclic) bond motifs is 1. The SMILES string of the molecule is Cn1ccc(NC(=O)c2ccc(CSc3nc4ccccc4[nH]3)cc2)n1. The molecule has 2 heterocycles. The molecule has 0 fully saturated rings. The molecule has 0 bridgehead atoms. The molecule has 0 aliphatic heterocycles. The van der Waals surface area contributed by atoms with Crippen LogP contribution in [0, 0.1) is 0 Å². The van der Waals surface area contributed by atoms with Crippen molar-refractivity contribution in [3.8, 4) is 0 Å². The van der Waals surface area contributed by atoms with Crippen LogP contribution >= 0.6 is 11.8 Å². The van der Waals surface area contributed by atoms with Crippen molar-refractivity contribution in [3.05, 3.63) is 71.9 Å². The largest absolute Gasteiger partial charge is 0.333 e. The Balaban J connectivity index is 1.38. The maximum atomic E-state index is 12.2. The Morgan fingerprint density at radius 2 is 1.96 bits per heavy atom. The summed E-state index contributed by atoms with van der Waals surface area (Å²) in [6, 6.07) is 17.3. The summed E-state index contributed by atoms with van der Waals surface area (Å²) in [5, 5.41) is 7.82. The molecule has 0 aliphatic carbocycles. The summed E-state index contributed by atoms with van der Waals surface area (Å²) in [5.41, 5.74) is 3.74. The van der Waals surface area contributed by atoms with E-state index in [0.717, 1.165) is 27.5 Å². The Morgan fingerprint density at radius 3 is 2.69 bits per heavy atom. The van der Waals surface area contributed by atoms with Crippen molar-refractivity contribution in [1.29, 1.82) is 0 Å². The molecule has 0 aliphatic rings. The van der Waals surface area contributed by atoms with Gasteiger partial charge >= 0.3 is 0 Å². The van der Waals surface area contributed by atoms with Crippen LogP contribution in [-0.2, 0) is 12.8 Å². The van der Waals surface area contributed by atoms with Crippen LogP contribution in [0.3, 0.4) is 0 Å². The molecular weight excluding hydrogens is 346 g/mol. The number of aromatic amines is 1. The molecule has 1 amide bonds. The fourth-order valence-electron chi connectivity index (χ4n) is 2.57. The number of nitrogens with one attached hydrogen (secondary N) is 2. The first-order valence-electron chi connectivity index (χ1n) is 8.15.